The number of rotatable bonds is 5. The third kappa shape index (κ3) is 3.91. The van der Waals surface area contributed by atoms with Crippen molar-refractivity contribution in [2.24, 2.45) is 0 Å². The standard InChI is InChI=1S/C20H17BrN2O3/c1-13-5-6-14(11-21)10-17(13)18-7-8-19(24)23(22-18)12-15-3-2-4-16(9-15)20(25)26/h2-10H,11-12H2,1H3,(H,25,26). The molecule has 1 heterocycles. The molecular weight excluding hydrogens is 396 g/mol. The van der Waals surface area contributed by atoms with Crippen molar-refractivity contribution in [3.8, 4) is 11.3 Å². The van der Waals surface area contributed by atoms with Gasteiger partial charge in [0.05, 0.1) is 17.8 Å². The summed E-state index contributed by atoms with van der Waals surface area (Å²) in [6, 6.07) is 15.8. The van der Waals surface area contributed by atoms with Gasteiger partial charge in [-0.1, -0.05) is 40.2 Å². The Bertz CT molecular complexity index is 1030. The van der Waals surface area contributed by atoms with Crippen LogP contribution in [0, 0.1) is 6.92 Å². The lowest BCUT2D eigenvalue weighted by Crippen LogP contribution is -2.23. The van der Waals surface area contributed by atoms with Gasteiger partial charge in [0.25, 0.3) is 5.56 Å². The predicted molar refractivity (Wildman–Crippen MR) is 104 cm³/mol. The second-order valence-electron chi connectivity index (χ2n) is 6.00. The summed E-state index contributed by atoms with van der Waals surface area (Å²) in [5, 5.41) is 14.3. The number of benzene rings is 2. The summed E-state index contributed by atoms with van der Waals surface area (Å²) in [5.41, 5.74) is 4.53. The number of hydrogen-bond donors (Lipinski definition) is 1. The van der Waals surface area contributed by atoms with E-state index in [1.54, 1.807) is 24.3 Å². The number of hydrogen-bond acceptors (Lipinski definition) is 3. The summed E-state index contributed by atoms with van der Waals surface area (Å²) in [4.78, 5) is 23.3. The van der Waals surface area contributed by atoms with Crippen LogP contribution in [0.2, 0.25) is 0 Å². The zero-order chi connectivity index (χ0) is 18.7. The minimum atomic E-state index is -0.997. The number of nitrogens with zero attached hydrogens (tertiary/aromatic N) is 2. The van der Waals surface area contributed by atoms with Crippen LogP contribution in [0.15, 0.2) is 59.4 Å². The number of halogens is 1. The third-order valence-corrected chi connectivity index (χ3v) is 4.75. The lowest BCUT2D eigenvalue weighted by Gasteiger charge is -2.10. The molecule has 1 N–H and O–H groups in total. The molecule has 0 amide bonds. The molecule has 0 atom stereocenters. The highest BCUT2D eigenvalue weighted by Gasteiger charge is 2.09. The van der Waals surface area contributed by atoms with E-state index in [4.69, 9.17) is 5.11 Å². The minimum absolute atomic E-state index is 0.188. The summed E-state index contributed by atoms with van der Waals surface area (Å²) in [6.45, 7) is 2.21. The zero-order valence-electron chi connectivity index (χ0n) is 14.1. The first-order valence-electron chi connectivity index (χ1n) is 8.04. The molecule has 3 rings (SSSR count). The predicted octanol–water partition coefficient (Wildman–Crippen LogP) is 3.86. The average Bonchev–Trinajstić information content (AvgIpc) is 2.64. The smallest absolute Gasteiger partial charge is 0.335 e. The van der Waals surface area contributed by atoms with Gasteiger partial charge in [-0.2, -0.15) is 5.10 Å². The Morgan fingerprint density at radius 1 is 1.12 bits per heavy atom. The van der Waals surface area contributed by atoms with Crippen LogP contribution < -0.4 is 5.56 Å². The molecule has 132 valence electrons. The molecule has 0 aliphatic rings. The summed E-state index contributed by atoms with van der Waals surface area (Å²) in [5.74, 6) is -0.997. The second kappa shape index (κ2) is 7.66. The largest absolute Gasteiger partial charge is 0.478 e. The molecule has 0 saturated heterocycles. The Kier molecular flexibility index (Phi) is 5.32. The van der Waals surface area contributed by atoms with Crippen molar-refractivity contribution in [2.75, 3.05) is 0 Å². The molecule has 0 spiro atoms. The molecule has 2 aromatic carbocycles. The number of aryl methyl sites for hydroxylation is 1. The van der Waals surface area contributed by atoms with E-state index in [-0.39, 0.29) is 17.7 Å². The monoisotopic (exact) mass is 412 g/mol. The van der Waals surface area contributed by atoms with Crippen molar-refractivity contribution < 1.29 is 9.90 Å². The van der Waals surface area contributed by atoms with Crippen LogP contribution in [0.4, 0.5) is 0 Å². The van der Waals surface area contributed by atoms with Crippen molar-refractivity contribution in [3.63, 3.8) is 0 Å². The molecule has 6 heteroatoms. The SMILES string of the molecule is Cc1ccc(CBr)cc1-c1ccc(=O)n(Cc2cccc(C(=O)O)c2)n1. The Hall–Kier alpha value is -2.73. The number of alkyl halides is 1. The molecule has 3 aromatic rings. The normalized spacial score (nSPS) is 10.7. The maximum Gasteiger partial charge on any atom is 0.335 e. The van der Waals surface area contributed by atoms with Crippen molar-refractivity contribution in [1.82, 2.24) is 9.78 Å². The van der Waals surface area contributed by atoms with E-state index in [2.05, 4.69) is 21.0 Å². The molecule has 0 aliphatic carbocycles. The Morgan fingerprint density at radius 3 is 2.65 bits per heavy atom. The van der Waals surface area contributed by atoms with Gasteiger partial charge in [-0.05, 0) is 47.9 Å². The van der Waals surface area contributed by atoms with Gasteiger partial charge in [0.1, 0.15) is 0 Å². The molecule has 0 saturated carbocycles. The van der Waals surface area contributed by atoms with Gasteiger partial charge in [0.15, 0.2) is 0 Å². The van der Waals surface area contributed by atoms with Gasteiger partial charge in [-0.3, -0.25) is 4.79 Å². The second-order valence-corrected chi connectivity index (χ2v) is 6.56. The molecule has 1 aromatic heterocycles. The van der Waals surface area contributed by atoms with E-state index >= 15 is 0 Å². The third-order valence-electron chi connectivity index (χ3n) is 4.11. The summed E-state index contributed by atoms with van der Waals surface area (Å²) >= 11 is 3.45. The Labute approximate surface area is 159 Å². The number of carboxylic acids is 1. The lowest BCUT2D eigenvalue weighted by atomic mass is 10.0. The molecule has 0 bridgehead atoms. The van der Waals surface area contributed by atoms with Crippen LogP contribution in [-0.2, 0) is 11.9 Å². The topological polar surface area (TPSA) is 72.2 Å². The van der Waals surface area contributed by atoms with Crippen LogP contribution in [0.5, 0.6) is 0 Å². The van der Waals surface area contributed by atoms with E-state index in [0.29, 0.717) is 11.3 Å². The van der Waals surface area contributed by atoms with Crippen molar-refractivity contribution in [2.45, 2.75) is 18.8 Å². The van der Waals surface area contributed by atoms with Gasteiger partial charge < -0.3 is 5.11 Å². The number of carbonyl (C=O) groups is 1. The molecule has 0 radical (unpaired) electrons. The minimum Gasteiger partial charge on any atom is -0.478 e. The number of aromatic carboxylic acids is 1. The first kappa shape index (κ1) is 18.1. The molecule has 5 nitrogen and oxygen atoms in total. The molecule has 0 unspecified atom stereocenters. The molecule has 0 fully saturated rings. The fourth-order valence-corrected chi connectivity index (χ4v) is 3.06. The highest BCUT2D eigenvalue weighted by atomic mass is 79.9. The lowest BCUT2D eigenvalue weighted by molar-refractivity contribution is 0.0696. The quantitative estimate of drug-likeness (QED) is 0.645. The van der Waals surface area contributed by atoms with Gasteiger partial charge in [0, 0.05) is 17.0 Å². The Morgan fingerprint density at radius 2 is 1.92 bits per heavy atom. The van der Waals surface area contributed by atoms with Crippen molar-refractivity contribution in [3.05, 3.63) is 87.2 Å². The highest BCUT2D eigenvalue weighted by Crippen LogP contribution is 2.23. The van der Waals surface area contributed by atoms with Crippen LogP contribution >= 0.6 is 15.9 Å². The van der Waals surface area contributed by atoms with Crippen LogP contribution in [0.25, 0.3) is 11.3 Å². The van der Waals surface area contributed by atoms with E-state index < -0.39 is 5.97 Å². The Balaban J connectivity index is 2.00. The number of carboxylic acid groups (broad SMARTS) is 1. The van der Waals surface area contributed by atoms with Crippen LogP contribution in [0.1, 0.15) is 27.0 Å². The maximum absolute atomic E-state index is 12.2. The summed E-state index contributed by atoms with van der Waals surface area (Å²) in [7, 11) is 0. The van der Waals surface area contributed by atoms with Crippen LogP contribution in [-0.4, -0.2) is 20.9 Å². The van der Waals surface area contributed by atoms with E-state index in [1.807, 2.05) is 25.1 Å². The highest BCUT2D eigenvalue weighted by molar-refractivity contribution is 9.08. The van der Waals surface area contributed by atoms with Crippen LogP contribution in [0.3, 0.4) is 0 Å². The van der Waals surface area contributed by atoms with Crippen molar-refractivity contribution in [1.29, 1.82) is 0 Å². The van der Waals surface area contributed by atoms with Crippen molar-refractivity contribution >= 4 is 21.9 Å². The number of aromatic nitrogens is 2. The van der Waals surface area contributed by atoms with Gasteiger partial charge in [0.2, 0.25) is 0 Å². The van der Waals surface area contributed by atoms with E-state index in [9.17, 15) is 9.59 Å². The van der Waals surface area contributed by atoms with Gasteiger partial charge in [-0.15, -0.1) is 0 Å². The molecule has 26 heavy (non-hydrogen) atoms. The fraction of sp³-hybridized carbons (Fsp3) is 0.150. The summed E-state index contributed by atoms with van der Waals surface area (Å²) < 4.78 is 1.36. The molecular formula is C20H17BrN2O3. The van der Waals surface area contributed by atoms with E-state index in [0.717, 1.165) is 22.0 Å². The average molecular weight is 413 g/mol. The van der Waals surface area contributed by atoms with E-state index in [1.165, 1.54) is 16.8 Å². The first-order valence-corrected chi connectivity index (χ1v) is 9.16. The summed E-state index contributed by atoms with van der Waals surface area (Å²) in [6.07, 6.45) is 0. The maximum atomic E-state index is 12.2. The van der Waals surface area contributed by atoms with Gasteiger partial charge in [-0.25, -0.2) is 9.48 Å². The molecule has 0 aliphatic heterocycles. The van der Waals surface area contributed by atoms with Gasteiger partial charge >= 0.3 is 5.97 Å². The first-order chi connectivity index (χ1) is 12.5. The zero-order valence-corrected chi connectivity index (χ0v) is 15.7. The fourth-order valence-electron chi connectivity index (χ4n) is 2.71.